The fraction of sp³-hybridized carbons (Fsp3) is 1.00. The van der Waals surface area contributed by atoms with Gasteiger partial charge in [-0.05, 0) is 25.7 Å². The SMILES string of the molecule is NC1CCC(F)(C(F)F)CC1. The Hall–Kier alpha value is -0.250. The zero-order valence-electron chi connectivity index (χ0n) is 6.19. The smallest absolute Gasteiger partial charge is 0.272 e. The molecule has 0 saturated heterocycles. The molecule has 1 rings (SSSR count). The lowest BCUT2D eigenvalue weighted by molar-refractivity contribution is -0.0594. The molecule has 0 aliphatic heterocycles. The number of hydrogen-bond donors (Lipinski definition) is 1. The van der Waals surface area contributed by atoms with Crippen LogP contribution in [0.2, 0.25) is 0 Å². The third-order valence-corrected chi connectivity index (χ3v) is 2.25. The number of hydrogen-bond acceptors (Lipinski definition) is 1. The van der Waals surface area contributed by atoms with Crippen molar-refractivity contribution in [1.29, 1.82) is 0 Å². The summed E-state index contributed by atoms with van der Waals surface area (Å²) in [5, 5.41) is 0. The van der Waals surface area contributed by atoms with Gasteiger partial charge in [-0.1, -0.05) is 0 Å². The van der Waals surface area contributed by atoms with Crippen molar-refractivity contribution in [3.05, 3.63) is 0 Å². The number of halogens is 3. The van der Waals surface area contributed by atoms with Crippen molar-refractivity contribution in [1.82, 2.24) is 0 Å². The summed E-state index contributed by atoms with van der Waals surface area (Å²) in [6, 6.07) is -0.0855. The van der Waals surface area contributed by atoms with Gasteiger partial charge in [0.15, 0.2) is 5.67 Å². The van der Waals surface area contributed by atoms with E-state index in [9.17, 15) is 13.2 Å². The van der Waals surface area contributed by atoms with Crippen LogP contribution < -0.4 is 5.73 Å². The highest BCUT2D eigenvalue weighted by Crippen LogP contribution is 2.36. The van der Waals surface area contributed by atoms with E-state index in [4.69, 9.17) is 5.73 Å². The molecule has 0 spiro atoms. The molecule has 0 radical (unpaired) electrons. The Morgan fingerprint density at radius 3 is 2.09 bits per heavy atom. The molecule has 0 amide bonds. The molecule has 1 aliphatic carbocycles. The van der Waals surface area contributed by atoms with Crippen LogP contribution in [0.25, 0.3) is 0 Å². The van der Waals surface area contributed by atoms with Crippen LogP contribution in [0.5, 0.6) is 0 Å². The highest BCUT2D eigenvalue weighted by Gasteiger charge is 2.42. The molecule has 11 heavy (non-hydrogen) atoms. The van der Waals surface area contributed by atoms with Gasteiger partial charge >= 0.3 is 0 Å². The van der Waals surface area contributed by atoms with Gasteiger partial charge in [0.1, 0.15) is 0 Å². The lowest BCUT2D eigenvalue weighted by Gasteiger charge is -2.31. The number of rotatable bonds is 1. The summed E-state index contributed by atoms with van der Waals surface area (Å²) in [5.41, 5.74) is 3.19. The molecular formula is C7H12F3N. The minimum atomic E-state index is -2.85. The van der Waals surface area contributed by atoms with Gasteiger partial charge in [0.2, 0.25) is 0 Å². The molecule has 1 nitrogen and oxygen atoms in total. The largest absolute Gasteiger partial charge is 0.328 e. The molecule has 0 aromatic carbocycles. The zero-order valence-corrected chi connectivity index (χ0v) is 6.19. The first kappa shape index (κ1) is 8.84. The zero-order chi connectivity index (χ0) is 8.48. The number of alkyl halides is 3. The molecule has 0 atom stereocenters. The van der Waals surface area contributed by atoms with Crippen LogP contribution in [-0.4, -0.2) is 18.1 Å². The Kier molecular flexibility index (Phi) is 2.42. The highest BCUT2D eigenvalue weighted by atomic mass is 19.3. The van der Waals surface area contributed by atoms with E-state index >= 15 is 0 Å². The van der Waals surface area contributed by atoms with Crippen molar-refractivity contribution in [3.63, 3.8) is 0 Å². The van der Waals surface area contributed by atoms with Gasteiger partial charge in [-0.15, -0.1) is 0 Å². The van der Waals surface area contributed by atoms with E-state index in [1.54, 1.807) is 0 Å². The van der Waals surface area contributed by atoms with Crippen LogP contribution >= 0.6 is 0 Å². The van der Waals surface area contributed by atoms with E-state index < -0.39 is 12.1 Å². The topological polar surface area (TPSA) is 26.0 Å². The van der Waals surface area contributed by atoms with E-state index in [2.05, 4.69) is 0 Å². The quantitative estimate of drug-likeness (QED) is 0.633. The summed E-state index contributed by atoms with van der Waals surface area (Å²) < 4.78 is 37.1. The third-order valence-electron chi connectivity index (χ3n) is 2.25. The van der Waals surface area contributed by atoms with Gasteiger partial charge in [0.05, 0.1) is 0 Å². The summed E-state index contributed by atoms with van der Waals surface area (Å²) in [6.45, 7) is 0. The van der Waals surface area contributed by atoms with Crippen LogP contribution in [0.1, 0.15) is 25.7 Å². The maximum atomic E-state index is 13.1. The predicted octanol–water partition coefficient (Wildman–Crippen LogP) is 1.86. The van der Waals surface area contributed by atoms with Crippen LogP contribution in [0.15, 0.2) is 0 Å². The Bertz CT molecular complexity index is 130. The second kappa shape index (κ2) is 3.01. The van der Waals surface area contributed by atoms with Gasteiger partial charge in [0.25, 0.3) is 6.43 Å². The van der Waals surface area contributed by atoms with Crippen molar-refractivity contribution in [2.45, 2.75) is 43.8 Å². The molecule has 0 unspecified atom stereocenters. The molecular weight excluding hydrogens is 155 g/mol. The van der Waals surface area contributed by atoms with E-state index in [1.165, 1.54) is 0 Å². The molecule has 0 bridgehead atoms. The normalized spacial score (nSPS) is 39.5. The first-order valence-corrected chi connectivity index (χ1v) is 3.77. The summed E-state index contributed by atoms with van der Waals surface area (Å²) in [7, 11) is 0. The van der Waals surface area contributed by atoms with Crippen LogP contribution in [0, 0.1) is 0 Å². The Balaban J connectivity index is 2.48. The van der Waals surface area contributed by atoms with Crippen molar-refractivity contribution in [3.8, 4) is 0 Å². The third kappa shape index (κ3) is 1.86. The summed E-state index contributed by atoms with van der Waals surface area (Å²) in [5.74, 6) is 0. The summed E-state index contributed by atoms with van der Waals surface area (Å²) in [6.07, 6.45) is -2.28. The molecule has 66 valence electrons. The number of nitrogens with two attached hydrogens (primary N) is 1. The minimum Gasteiger partial charge on any atom is -0.328 e. The van der Waals surface area contributed by atoms with Gasteiger partial charge < -0.3 is 5.73 Å². The molecule has 1 saturated carbocycles. The first-order chi connectivity index (χ1) is 5.04. The molecule has 0 aromatic heterocycles. The molecule has 0 aromatic rings. The van der Waals surface area contributed by atoms with Crippen LogP contribution in [0.4, 0.5) is 13.2 Å². The maximum Gasteiger partial charge on any atom is 0.272 e. The van der Waals surface area contributed by atoms with Gasteiger partial charge in [-0.25, -0.2) is 13.2 Å². The monoisotopic (exact) mass is 167 g/mol. The Morgan fingerprint density at radius 1 is 1.27 bits per heavy atom. The van der Waals surface area contributed by atoms with Crippen molar-refractivity contribution in [2.24, 2.45) is 5.73 Å². The summed E-state index contributed by atoms with van der Waals surface area (Å²) >= 11 is 0. The lowest BCUT2D eigenvalue weighted by Crippen LogP contribution is -2.40. The predicted molar refractivity (Wildman–Crippen MR) is 36.3 cm³/mol. The highest BCUT2D eigenvalue weighted by molar-refractivity contribution is 4.89. The second-order valence-corrected chi connectivity index (χ2v) is 3.17. The average molecular weight is 167 g/mol. The maximum absolute atomic E-state index is 13.1. The standard InChI is InChI=1S/C7H12F3N/c8-6(9)7(10)3-1-5(11)2-4-7/h5-6H,1-4,11H2. The fourth-order valence-electron chi connectivity index (χ4n) is 1.34. The van der Waals surface area contributed by atoms with Crippen LogP contribution in [0.3, 0.4) is 0 Å². The lowest BCUT2D eigenvalue weighted by atomic mass is 9.84. The first-order valence-electron chi connectivity index (χ1n) is 3.77. The van der Waals surface area contributed by atoms with Gasteiger partial charge in [0, 0.05) is 6.04 Å². The fourth-order valence-corrected chi connectivity index (χ4v) is 1.34. The van der Waals surface area contributed by atoms with Gasteiger partial charge in [-0.2, -0.15) is 0 Å². The second-order valence-electron chi connectivity index (χ2n) is 3.17. The molecule has 1 aliphatic rings. The minimum absolute atomic E-state index is 0.0855. The molecule has 1 fully saturated rings. The summed E-state index contributed by atoms with van der Waals surface area (Å²) in [4.78, 5) is 0. The molecule has 4 heteroatoms. The Labute approximate surface area is 63.8 Å². The van der Waals surface area contributed by atoms with Crippen LogP contribution in [-0.2, 0) is 0 Å². The van der Waals surface area contributed by atoms with Gasteiger partial charge in [-0.3, -0.25) is 0 Å². The van der Waals surface area contributed by atoms with E-state index in [0.29, 0.717) is 12.8 Å². The van der Waals surface area contributed by atoms with E-state index in [0.717, 1.165) is 0 Å². The van der Waals surface area contributed by atoms with Crippen molar-refractivity contribution in [2.75, 3.05) is 0 Å². The Morgan fingerprint density at radius 2 is 1.73 bits per heavy atom. The van der Waals surface area contributed by atoms with Crippen molar-refractivity contribution >= 4 is 0 Å². The van der Waals surface area contributed by atoms with Crippen molar-refractivity contribution < 1.29 is 13.2 Å². The molecule has 2 N–H and O–H groups in total. The molecule has 0 heterocycles. The van der Waals surface area contributed by atoms with E-state index in [1.807, 2.05) is 0 Å². The van der Waals surface area contributed by atoms with E-state index in [-0.39, 0.29) is 18.9 Å². The average Bonchev–Trinajstić information content (AvgIpc) is 1.95.